The number of ether oxygens (including phenoxy) is 1. The van der Waals surface area contributed by atoms with Crippen LogP contribution >= 0.6 is 0 Å². The minimum absolute atomic E-state index is 0.250. The molecule has 0 bridgehead atoms. The lowest BCUT2D eigenvalue weighted by Gasteiger charge is -2.12. The molecule has 0 fully saturated rings. The molecule has 0 aliphatic heterocycles. The van der Waals surface area contributed by atoms with Gasteiger partial charge < -0.3 is 15.4 Å². The number of hydrogen-bond donors (Lipinski definition) is 2. The fourth-order valence-corrected chi connectivity index (χ4v) is 2.25. The quantitative estimate of drug-likeness (QED) is 0.731. The minimum atomic E-state index is -0.422. The molecule has 3 rings (SSSR count). The highest BCUT2D eigenvalue weighted by atomic mass is 19.1. The van der Waals surface area contributed by atoms with Crippen LogP contribution < -0.4 is 15.4 Å². The lowest BCUT2D eigenvalue weighted by atomic mass is 10.2. The van der Waals surface area contributed by atoms with Crippen molar-refractivity contribution in [1.29, 1.82) is 0 Å². The first-order valence-electron chi connectivity index (χ1n) is 7.59. The summed E-state index contributed by atoms with van der Waals surface area (Å²) in [6.45, 7) is 0. The normalized spacial score (nSPS) is 10.2. The predicted octanol–water partition coefficient (Wildman–Crippen LogP) is 4.23. The van der Waals surface area contributed by atoms with Crippen molar-refractivity contribution in [2.75, 3.05) is 17.7 Å². The van der Waals surface area contributed by atoms with Crippen molar-refractivity contribution in [2.45, 2.75) is 0 Å². The van der Waals surface area contributed by atoms with Gasteiger partial charge in [-0.2, -0.15) is 0 Å². The highest BCUT2D eigenvalue weighted by Crippen LogP contribution is 2.22. The number of pyridine rings is 1. The Kier molecular flexibility index (Phi) is 4.89. The van der Waals surface area contributed by atoms with E-state index in [1.165, 1.54) is 12.3 Å². The lowest BCUT2D eigenvalue weighted by Crippen LogP contribution is -2.14. The van der Waals surface area contributed by atoms with Gasteiger partial charge in [-0.05, 0) is 48.5 Å². The largest absolute Gasteiger partial charge is 0.497 e. The van der Waals surface area contributed by atoms with Gasteiger partial charge in [-0.1, -0.05) is 12.1 Å². The molecule has 1 amide bonds. The Morgan fingerprint density at radius 2 is 1.80 bits per heavy atom. The topological polar surface area (TPSA) is 63.2 Å². The number of nitrogens with zero attached hydrogens (tertiary/aromatic N) is 1. The maximum atomic E-state index is 13.8. The zero-order chi connectivity index (χ0) is 17.6. The molecule has 0 aliphatic carbocycles. The van der Waals surface area contributed by atoms with Crippen molar-refractivity contribution in [3.8, 4) is 5.75 Å². The lowest BCUT2D eigenvalue weighted by molar-refractivity contribution is 0.102. The second-order valence-corrected chi connectivity index (χ2v) is 5.19. The Hall–Kier alpha value is -3.41. The van der Waals surface area contributed by atoms with Gasteiger partial charge in [0.1, 0.15) is 17.4 Å². The van der Waals surface area contributed by atoms with Crippen LogP contribution in [0.3, 0.4) is 0 Å². The summed E-state index contributed by atoms with van der Waals surface area (Å²) >= 11 is 0. The molecule has 0 radical (unpaired) electrons. The number of aromatic nitrogens is 1. The molecule has 126 valence electrons. The summed E-state index contributed by atoms with van der Waals surface area (Å²) in [5.74, 6) is 0.201. The number of para-hydroxylation sites is 1. The summed E-state index contributed by atoms with van der Waals surface area (Å²) in [6.07, 6.45) is 1.54. The van der Waals surface area contributed by atoms with Crippen LogP contribution in [0.5, 0.6) is 5.75 Å². The second-order valence-electron chi connectivity index (χ2n) is 5.19. The van der Waals surface area contributed by atoms with Gasteiger partial charge in [0.15, 0.2) is 0 Å². The van der Waals surface area contributed by atoms with Gasteiger partial charge in [-0.3, -0.25) is 4.79 Å². The van der Waals surface area contributed by atoms with Crippen LogP contribution in [0, 0.1) is 5.82 Å². The molecule has 6 heteroatoms. The number of carbonyl (C=O) groups excluding carboxylic acids is 1. The average molecular weight is 337 g/mol. The Morgan fingerprint density at radius 3 is 2.52 bits per heavy atom. The van der Waals surface area contributed by atoms with E-state index < -0.39 is 5.82 Å². The smallest absolute Gasteiger partial charge is 0.259 e. The maximum Gasteiger partial charge on any atom is 0.259 e. The minimum Gasteiger partial charge on any atom is -0.497 e. The van der Waals surface area contributed by atoms with E-state index >= 15 is 0 Å². The summed E-state index contributed by atoms with van der Waals surface area (Å²) in [5.41, 5.74) is 1.17. The third kappa shape index (κ3) is 3.92. The number of benzene rings is 2. The van der Waals surface area contributed by atoms with Crippen LogP contribution in [-0.2, 0) is 0 Å². The molecule has 0 aliphatic rings. The SMILES string of the molecule is COc1ccc(NC(=O)c2cccnc2Nc2ccccc2F)cc1. The number of hydrogen-bond acceptors (Lipinski definition) is 4. The van der Waals surface area contributed by atoms with Crippen LogP contribution in [0.1, 0.15) is 10.4 Å². The van der Waals surface area contributed by atoms with Gasteiger partial charge in [-0.15, -0.1) is 0 Å². The van der Waals surface area contributed by atoms with Crippen molar-refractivity contribution < 1.29 is 13.9 Å². The average Bonchev–Trinajstić information content (AvgIpc) is 2.64. The third-order valence-corrected chi connectivity index (χ3v) is 3.53. The van der Waals surface area contributed by atoms with Crippen molar-refractivity contribution in [3.63, 3.8) is 0 Å². The zero-order valence-electron chi connectivity index (χ0n) is 13.5. The maximum absolute atomic E-state index is 13.8. The van der Waals surface area contributed by atoms with Gasteiger partial charge >= 0.3 is 0 Å². The summed E-state index contributed by atoms with van der Waals surface area (Å²) in [4.78, 5) is 16.7. The third-order valence-electron chi connectivity index (χ3n) is 3.53. The Bertz CT molecular complexity index is 882. The molecule has 2 aromatic carbocycles. The van der Waals surface area contributed by atoms with Crippen LogP contribution in [0.4, 0.5) is 21.6 Å². The van der Waals surface area contributed by atoms with E-state index in [4.69, 9.17) is 4.74 Å². The molecule has 25 heavy (non-hydrogen) atoms. The monoisotopic (exact) mass is 337 g/mol. The van der Waals surface area contributed by atoms with E-state index in [9.17, 15) is 9.18 Å². The second kappa shape index (κ2) is 7.44. The molecule has 0 atom stereocenters. The molecular weight excluding hydrogens is 321 g/mol. The van der Waals surface area contributed by atoms with E-state index in [2.05, 4.69) is 15.6 Å². The number of methoxy groups -OCH3 is 1. The summed E-state index contributed by atoms with van der Waals surface area (Å²) in [5, 5.41) is 5.64. The molecule has 1 heterocycles. The van der Waals surface area contributed by atoms with E-state index in [1.54, 1.807) is 61.7 Å². The van der Waals surface area contributed by atoms with Gasteiger partial charge in [0.05, 0.1) is 18.4 Å². The van der Waals surface area contributed by atoms with Crippen molar-refractivity contribution >= 4 is 23.1 Å². The fourth-order valence-electron chi connectivity index (χ4n) is 2.25. The van der Waals surface area contributed by atoms with Crippen LogP contribution in [0.15, 0.2) is 66.9 Å². The Labute approximate surface area is 144 Å². The molecule has 0 unspecified atom stereocenters. The van der Waals surface area contributed by atoms with E-state index in [-0.39, 0.29) is 17.4 Å². The molecule has 0 saturated heterocycles. The number of rotatable bonds is 5. The van der Waals surface area contributed by atoms with Crippen LogP contribution in [0.25, 0.3) is 0 Å². The first kappa shape index (κ1) is 16.4. The Balaban J connectivity index is 1.82. The van der Waals surface area contributed by atoms with Gasteiger partial charge in [0.2, 0.25) is 0 Å². The number of carbonyl (C=O) groups is 1. The summed E-state index contributed by atoms with van der Waals surface area (Å²) < 4.78 is 18.9. The van der Waals surface area contributed by atoms with E-state index in [1.807, 2.05) is 0 Å². The molecule has 5 nitrogen and oxygen atoms in total. The zero-order valence-corrected chi connectivity index (χ0v) is 13.5. The summed E-state index contributed by atoms with van der Waals surface area (Å²) in [6, 6.07) is 16.4. The first-order chi connectivity index (χ1) is 12.2. The number of halogens is 1. The van der Waals surface area contributed by atoms with E-state index in [0.717, 1.165) is 0 Å². The van der Waals surface area contributed by atoms with Gasteiger partial charge in [0.25, 0.3) is 5.91 Å². The van der Waals surface area contributed by atoms with Crippen molar-refractivity contribution in [2.24, 2.45) is 0 Å². The molecule has 2 N–H and O–H groups in total. The Morgan fingerprint density at radius 1 is 1.04 bits per heavy atom. The number of nitrogens with one attached hydrogen (secondary N) is 2. The molecule has 0 spiro atoms. The van der Waals surface area contributed by atoms with Crippen LogP contribution in [0.2, 0.25) is 0 Å². The van der Waals surface area contributed by atoms with Crippen molar-refractivity contribution in [3.05, 3.63) is 78.2 Å². The fraction of sp³-hybridized carbons (Fsp3) is 0.0526. The first-order valence-corrected chi connectivity index (χ1v) is 7.59. The highest BCUT2D eigenvalue weighted by Gasteiger charge is 2.14. The summed E-state index contributed by atoms with van der Waals surface area (Å²) in [7, 11) is 1.57. The molecule has 1 aromatic heterocycles. The highest BCUT2D eigenvalue weighted by molar-refractivity contribution is 6.07. The number of amides is 1. The van der Waals surface area contributed by atoms with Gasteiger partial charge in [-0.25, -0.2) is 9.37 Å². The predicted molar refractivity (Wildman–Crippen MR) is 94.9 cm³/mol. The van der Waals surface area contributed by atoms with Gasteiger partial charge in [0, 0.05) is 11.9 Å². The van der Waals surface area contributed by atoms with E-state index in [0.29, 0.717) is 17.0 Å². The van der Waals surface area contributed by atoms with Crippen LogP contribution in [-0.4, -0.2) is 18.0 Å². The molecular formula is C19H16FN3O2. The molecule has 3 aromatic rings. The van der Waals surface area contributed by atoms with Crippen molar-refractivity contribution in [1.82, 2.24) is 4.98 Å². The number of anilines is 3. The standard InChI is InChI=1S/C19H16FN3O2/c1-25-14-10-8-13(9-11-14)22-19(24)15-5-4-12-21-18(15)23-17-7-3-2-6-16(17)20/h2-12H,1H3,(H,21,23)(H,22,24). The molecule has 0 saturated carbocycles.